The number of hydrogen-bond donors (Lipinski definition) is 1. The number of amides is 1. The predicted molar refractivity (Wildman–Crippen MR) is 133 cm³/mol. The average molecular weight is 483 g/mol. The summed E-state index contributed by atoms with van der Waals surface area (Å²) in [6.07, 6.45) is 0. The molecule has 1 amide bonds. The first kappa shape index (κ1) is 24.5. The number of ketones is 1. The molecule has 34 heavy (non-hydrogen) atoms. The van der Waals surface area contributed by atoms with Crippen molar-refractivity contribution in [2.45, 2.75) is 32.2 Å². The van der Waals surface area contributed by atoms with Crippen LogP contribution in [-0.2, 0) is 19.7 Å². The molecule has 0 radical (unpaired) electrons. The first-order valence-corrected chi connectivity index (χ1v) is 12.0. The van der Waals surface area contributed by atoms with Crippen molar-refractivity contribution in [1.82, 2.24) is 9.80 Å². The standard InChI is InChI=1S/C27H31ClN2O4/c1-27(2,3)20-8-4-18(5-9-20)23-22(24(31)19-6-10-21(28)11-7-19)25(32)26(33)30(23)13-12-29-14-16-34-17-15-29/h4-11,23,31H,12-17H2,1-3H3/b24-22+/t23-/m0/s1. The van der Waals surface area contributed by atoms with E-state index in [1.54, 1.807) is 29.2 Å². The highest BCUT2D eigenvalue weighted by molar-refractivity contribution is 6.46. The summed E-state index contributed by atoms with van der Waals surface area (Å²) in [4.78, 5) is 30.2. The van der Waals surface area contributed by atoms with Crippen molar-refractivity contribution in [1.29, 1.82) is 0 Å². The van der Waals surface area contributed by atoms with Crippen LogP contribution in [0.1, 0.15) is 43.5 Å². The number of halogens is 1. The second-order valence-electron chi connectivity index (χ2n) is 9.83. The Bertz CT molecular complexity index is 1080. The summed E-state index contributed by atoms with van der Waals surface area (Å²) in [6.45, 7) is 10.3. The predicted octanol–water partition coefficient (Wildman–Crippen LogP) is 4.39. The smallest absolute Gasteiger partial charge is 0.295 e. The van der Waals surface area contributed by atoms with Crippen LogP contribution in [0.4, 0.5) is 0 Å². The van der Waals surface area contributed by atoms with Gasteiger partial charge in [0.2, 0.25) is 0 Å². The zero-order chi connectivity index (χ0) is 24.5. The minimum absolute atomic E-state index is 0.0278. The van der Waals surface area contributed by atoms with Gasteiger partial charge in [0.15, 0.2) is 0 Å². The number of likely N-dealkylation sites (tertiary alicyclic amines) is 1. The number of benzene rings is 2. The highest BCUT2D eigenvalue weighted by atomic mass is 35.5. The van der Waals surface area contributed by atoms with E-state index in [9.17, 15) is 14.7 Å². The number of Topliss-reactive ketones (excluding diaryl/α,β-unsaturated/α-hetero) is 1. The van der Waals surface area contributed by atoms with Crippen molar-refractivity contribution in [2.24, 2.45) is 0 Å². The van der Waals surface area contributed by atoms with Gasteiger partial charge in [-0.25, -0.2) is 0 Å². The van der Waals surface area contributed by atoms with Crippen LogP contribution in [0.3, 0.4) is 0 Å². The summed E-state index contributed by atoms with van der Waals surface area (Å²) in [5.74, 6) is -1.44. The lowest BCUT2D eigenvalue weighted by Gasteiger charge is -2.31. The van der Waals surface area contributed by atoms with Crippen LogP contribution >= 0.6 is 11.6 Å². The Balaban J connectivity index is 1.74. The molecule has 0 saturated carbocycles. The number of nitrogens with zero attached hydrogens (tertiary/aromatic N) is 2. The fraction of sp³-hybridized carbons (Fsp3) is 0.407. The summed E-state index contributed by atoms with van der Waals surface area (Å²) >= 11 is 6.00. The van der Waals surface area contributed by atoms with Gasteiger partial charge in [-0.05, 0) is 40.8 Å². The number of hydrogen-bond acceptors (Lipinski definition) is 5. The van der Waals surface area contributed by atoms with E-state index in [1.807, 2.05) is 24.3 Å². The molecule has 2 fully saturated rings. The fourth-order valence-corrected chi connectivity index (χ4v) is 4.59. The topological polar surface area (TPSA) is 70.1 Å². The van der Waals surface area contributed by atoms with E-state index in [2.05, 4.69) is 25.7 Å². The SMILES string of the molecule is CC(C)(C)c1ccc([C@H]2/C(=C(\O)c3ccc(Cl)cc3)C(=O)C(=O)N2CCN2CCOCC2)cc1. The number of carbonyl (C=O) groups is 2. The highest BCUT2D eigenvalue weighted by Gasteiger charge is 2.46. The van der Waals surface area contributed by atoms with Crippen molar-refractivity contribution >= 4 is 29.1 Å². The number of aliphatic hydroxyl groups is 1. The molecule has 0 aliphatic carbocycles. The molecule has 6 nitrogen and oxygen atoms in total. The van der Waals surface area contributed by atoms with E-state index in [4.69, 9.17) is 16.3 Å². The quantitative estimate of drug-likeness (QED) is 0.389. The van der Waals surface area contributed by atoms with Crippen LogP contribution in [0.15, 0.2) is 54.1 Å². The van der Waals surface area contributed by atoms with Gasteiger partial charge in [0.25, 0.3) is 11.7 Å². The summed E-state index contributed by atoms with van der Waals surface area (Å²) < 4.78 is 5.42. The van der Waals surface area contributed by atoms with Gasteiger partial charge in [-0.15, -0.1) is 0 Å². The summed E-state index contributed by atoms with van der Waals surface area (Å²) in [7, 11) is 0. The van der Waals surface area contributed by atoms with Gasteiger partial charge >= 0.3 is 0 Å². The Labute approximate surface area is 205 Å². The van der Waals surface area contributed by atoms with Crippen molar-refractivity contribution < 1.29 is 19.4 Å². The molecular weight excluding hydrogens is 452 g/mol. The van der Waals surface area contributed by atoms with Gasteiger partial charge in [0.1, 0.15) is 5.76 Å². The van der Waals surface area contributed by atoms with Gasteiger partial charge in [-0.2, -0.15) is 0 Å². The minimum atomic E-state index is -0.667. The molecule has 7 heteroatoms. The van der Waals surface area contributed by atoms with Crippen molar-refractivity contribution in [3.63, 3.8) is 0 Å². The van der Waals surface area contributed by atoms with Gasteiger partial charge in [-0.1, -0.05) is 56.6 Å². The highest BCUT2D eigenvalue weighted by Crippen LogP contribution is 2.40. The molecule has 0 spiro atoms. The van der Waals surface area contributed by atoms with E-state index in [0.717, 1.165) is 24.2 Å². The van der Waals surface area contributed by atoms with Crippen LogP contribution in [0.25, 0.3) is 5.76 Å². The Morgan fingerprint density at radius 3 is 2.21 bits per heavy atom. The zero-order valence-electron chi connectivity index (χ0n) is 19.9. The van der Waals surface area contributed by atoms with Crippen LogP contribution in [0, 0.1) is 0 Å². The van der Waals surface area contributed by atoms with Crippen LogP contribution in [-0.4, -0.2) is 66.0 Å². The Kier molecular flexibility index (Phi) is 7.12. The third-order valence-electron chi connectivity index (χ3n) is 6.51. The van der Waals surface area contributed by atoms with Crippen molar-refractivity contribution in [2.75, 3.05) is 39.4 Å². The van der Waals surface area contributed by atoms with Crippen LogP contribution < -0.4 is 0 Å². The molecule has 0 unspecified atom stereocenters. The maximum absolute atomic E-state index is 13.2. The third kappa shape index (κ3) is 5.04. The minimum Gasteiger partial charge on any atom is -0.507 e. The molecule has 2 heterocycles. The number of aliphatic hydroxyl groups excluding tert-OH is 1. The molecule has 0 aromatic heterocycles. The Morgan fingerprint density at radius 2 is 1.62 bits per heavy atom. The van der Waals surface area contributed by atoms with E-state index in [0.29, 0.717) is 36.9 Å². The zero-order valence-corrected chi connectivity index (χ0v) is 20.6. The molecular formula is C27H31ClN2O4. The van der Waals surface area contributed by atoms with Gasteiger partial charge < -0.3 is 14.7 Å². The van der Waals surface area contributed by atoms with Crippen LogP contribution in [0.2, 0.25) is 5.02 Å². The first-order valence-electron chi connectivity index (χ1n) is 11.6. The molecule has 2 aromatic rings. The maximum atomic E-state index is 13.2. The number of morpholine rings is 1. The van der Waals surface area contributed by atoms with E-state index < -0.39 is 17.7 Å². The third-order valence-corrected chi connectivity index (χ3v) is 6.76. The lowest BCUT2D eigenvalue weighted by Crippen LogP contribution is -2.42. The average Bonchev–Trinajstić information content (AvgIpc) is 3.08. The largest absolute Gasteiger partial charge is 0.507 e. The summed E-state index contributed by atoms with van der Waals surface area (Å²) in [6, 6.07) is 13.9. The molecule has 4 rings (SSSR count). The second-order valence-corrected chi connectivity index (χ2v) is 10.3. The summed E-state index contributed by atoms with van der Waals surface area (Å²) in [5.41, 5.74) is 2.48. The lowest BCUT2D eigenvalue weighted by molar-refractivity contribution is -0.140. The lowest BCUT2D eigenvalue weighted by atomic mass is 9.85. The molecule has 0 bridgehead atoms. The molecule has 2 saturated heterocycles. The molecule has 2 aliphatic heterocycles. The van der Waals surface area contributed by atoms with E-state index in [1.165, 1.54) is 0 Å². The molecule has 2 aromatic carbocycles. The molecule has 180 valence electrons. The summed E-state index contributed by atoms with van der Waals surface area (Å²) in [5, 5.41) is 11.7. The maximum Gasteiger partial charge on any atom is 0.295 e. The number of carbonyl (C=O) groups excluding carboxylic acids is 2. The molecule has 1 N–H and O–H groups in total. The fourth-order valence-electron chi connectivity index (χ4n) is 4.46. The Hall–Kier alpha value is -2.67. The monoisotopic (exact) mass is 482 g/mol. The second kappa shape index (κ2) is 9.90. The normalized spacial score (nSPS) is 21.3. The van der Waals surface area contributed by atoms with Gasteiger partial charge in [0, 0.05) is 36.8 Å². The van der Waals surface area contributed by atoms with E-state index in [-0.39, 0.29) is 16.7 Å². The van der Waals surface area contributed by atoms with Crippen LogP contribution in [0.5, 0.6) is 0 Å². The number of rotatable bonds is 5. The molecule has 2 aliphatic rings. The van der Waals surface area contributed by atoms with Crippen molar-refractivity contribution in [3.05, 3.63) is 75.8 Å². The molecule has 1 atom stereocenters. The van der Waals surface area contributed by atoms with Gasteiger partial charge in [0.05, 0.1) is 24.8 Å². The Morgan fingerprint density at radius 1 is 1.00 bits per heavy atom. The van der Waals surface area contributed by atoms with Crippen molar-refractivity contribution in [3.8, 4) is 0 Å². The first-order chi connectivity index (χ1) is 16.2. The number of ether oxygens (including phenoxy) is 1. The van der Waals surface area contributed by atoms with E-state index >= 15 is 0 Å². The van der Waals surface area contributed by atoms with Gasteiger partial charge in [-0.3, -0.25) is 14.5 Å².